The lowest BCUT2D eigenvalue weighted by atomic mass is 9.95. The third kappa shape index (κ3) is 2.17. The molecule has 0 fully saturated rings. The van der Waals surface area contributed by atoms with E-state index in [1.165, 1.54) is 14.2 Å². The molecule has 0 radical (unpaired) electrons. The highest BCUT2D eigenvalue weighted by molar-refractivity contribution is 5.96. The fraction of sp³-hybridized carbons (Fsp3) is 0.333. The smallest absolute Gasteiger partial charge is 0.328 e. The number of ether oxygens (including phenoxy) is 2. The number of aromatic amines is 1. The van der Waals surface area contributed by atoms with Crippen molar-refractivity contribution in [3.05, 3.63) is 35.5 Å². The fourth-order valence-corrected chi connectivity index (χ4v) is 2.84. The summed E-state index contributed by atoms with van der Waals surface area (Å²) >= 11 is 0. The molecule has 6 heteroatoms. The van der Waals surface area contributed by atoms with Crippen LogP contribution in [0.4, 0.5) is 0 Å². The number of hydrogen-bond donors (Lipinski definition) is 2. The first-order valence-corrected chi connectivity index (χ1v) is 6.65. The average Bonchev–Trinajstić information content (AvgIpc) is 2.89. The van der Waals surface area contributed by atoms with Gasteiger partial charge in [-0.2, -0.15) is 0 Å². The van der Waals surface area contributed by atoms with Gasteiger partial charge in [0.1, 0.15) is 6.04 Å². The second-order valence-electron chi connectivity index (χ2n) is 4.99. The van der Waals surface area contributed by atoms with Crippen LogP contribution >= 0.6 is 0 Å². The summed E-state index contributed by atoms with van der Waals surface area (Å²) in [6.07, 6.45) is 1.48. The number of benzene rings is 1. The molecule has 0 saturated carbocycles. The van der Waals surface area contributed by atoms with Crippen LogP contribution in [0.15, 0.2) is 24.4 Å². The molecule has 2 N–H and O–H groups in total. The number of H-pyrrole nitrogens is 1. The minimum Gasteiger partial charge on any atom is -0.467 e. The Morgan fingerprint density at radius 3 is 2.86 bits per heavy atom. The molecule has 1 aliphatic rings. The number of hydrogen-bond acceptors (Lipinski definition) is 4. The molecule has 1 aromatic heterocycles. The largest absolute Gasteiger partial charge is 0.467 e. The van der Waals surface area contributed by atoms with Crippen LogP contribution in [-0.4, -0.2) is 37.1 Å². The Kier molecular flexibility index (Phi) is 3.39. The molecule has 1 aromatic carbocycles. The summed E-state index contributed by atoms with van der Waals surface area (Å²) in [6, 6.07) is 4.96. The number of esters is 1. The Hall–Kier alpha value is -2.34. The standard InChI is InChI=1S/C15H16N2O4/c1-20-13-9-4-3-5-10-12(9)8(7-16-10)6-11(15(19)21-2)17-14(13)18/h3-5,7,11,13,16H,6H2,1-2H3,(H,17,18)/t11-,13+/m0/s1. The summed E-state index contributed by atoms with van der Waals surface area (Å²) in [7, 11) is 2.78. The van der Waals surface area contributed by atoms with E-state index in [1.807, 2.05) is 24.4 Å². The Labute approximate surface area is 121 Å². The molecule has 0 aliphatic carbocycles. The molecule has 0 bridgehead atoms. The maximum absolute atomic E-state index is 12.3. The van der Waals surface area contributed by atoms with Gasteiger partial charge in [-0.15, -0.1) is 0 Å². The molecule has 1 amide bonds. The van der Waals surface area contributed by atoms with Crippen LogP contribution in [0.2, 0.25) is 0 Å². The van der Waals surface area contributed by atoms with Crippen LogP contribution < -0.4 is 5.32 Å². The summed E-state index contributed by atoms with van der Waals surface area (Å²) in [6.45, 7) is 0. The van der Waals surface area contributed by atoms with E-state index < -0.39 is 18.1 Å². The highest BCUT2D eigenvalue weighted by Crippen LogP contribution is 2.31. The normalized spacial score (nSPS) is 21.5. The van der Waals surface area contributed by atoms with Gasteiger partial charge in [-0.3, -0.25) is 4.79 Å². The molecular formula is C15H16N2O4. The van der Waals surface area contributed by atoms with Crippen molar-refractivity contribution >= 4 is 22.8 Å². The number of rotatable bonds is 2. The molecule has 110 valence electrons. The highest BCUT2D eigenvalue weighted by atomic mass is 16.5. The zero-order valence-electron chi connectivity index (χ0n) is 11.8. The lowest BCUT2D eigenvalue weighted by molar-refractivity contribution is -0.146. The zero-order chi connectivity index (χ0) is 15.0. The quantitative estimate of drug-likeness (QED) is 0.810. The second-order valence-corrected chi connectivity index (χ2v) is 4.99. The summed E-state index contributed by atoms with van der Waals surface area (Å²) < 4.78 is 10.1. The molecule has 1 aliphatic heterocycles. The van der Waals surface area contributed by atoms with Gasteiger partial charge in [-0.05, 0) is 17.2 Å². The van der Waals surface area contributed by atoms with Gasteiger partial charge >= 0.3 is 5.97 Å². The number of carbonyl (C=O) groups is 2. The average molecular weight is 288 g/mol. The van der Waals surface area contributed by atoms with Crippen molar-refractivity contribution in [3.63, 3.8) is 0 Å². The third-order valence-electron chi connectivity index (χ3n) is 3.80. The second kappa shape index (κ2) is 5.21. The van der Waals surface area contributed by atoms with Gasteiger partial charge in [-0.1, -0.05) is 12.1 Å². The topological polar surface area (TPSA) is 80.4 Å². The van der Waals surface area contributed by atoms with Gasteiger partial charge in [0.2, 0.25) is 0 Å². The van der Waals surface area contributed by atoms with Crippen LogP contribution in [0.1, 0.15) is 17.2 Å². The number of carbonyl (C=O) groups excluding carboxylic acids is 2. The van der Waals surface area contributed by atoms with Crippen molar-refractivity contribution in [3.8, 4) is 0 Å². The Bertz CT molecular complexity index is 707. The van der Waals surface area contributed by atoms with Crippen molar-refractivity contribution < 1.29 is 19.1 Å². The molecule has 21 heavy (non-hydrogen) atoms. The van der Waals surface area contributed by atoms with Gasteiger partial charge in [0.25, 0.3) is 5.91 Å². The van der Waals surface area contributed by atoms with Crippen LogP contribution in [0.3, 0.4) is 0 Å². The first-order valence-electron chi connectivity index (χ1n) is 6.65. The van der Waals surface area contributed by atoms with E-state index in [4.69, 9.17) is 9.47 Å². The summed E-state index contributed by atoms with van der Waals surface area (Å²) in [5, 5.41) is 3.63. The third-order valence-corrected chi connectivity index (χ3v) is 3.80. The highest BCUT2D eigenvalue weighted by Gasteiger charge is 2.32. The minimum atomic E-state index is -0.754. The van der Waals surface area contributed by atoms with E-state index in [9.17, 15) is 9.59 Å². The van der Waals surface area contributed by atoms with Crippen LogP contribution in [0.25, 0.3) is 10.9 Å². The Morgan fingerprint density at radius 2 is 2.14 bits per heavy atom. The van der Waals surface area contributed by atoms with Crippen molar-refractivity contribution in [1.29, 1.82) is 0 Å². The fourth-order valence-electron chi connectivity index (χ4n) is 2.84. The maximum atomic E-state index is 12.3. The first kappa shape index (κ1) is 13.6. The number of aromatic nitrogens is 1. The van der Waals surface area contributed by atoms with Crippen LogP contribution in [0, 0.1) is 0 Å². The van der Waals surface area contributed by atoms with Gasteiger partial charge in [0.05, 0.1) is 7.11 Å². The van der Waals surface area contributed by atoms with Crippen LogP contribution in [-0.2, 0) is 25.5 Å². The Morgan fingerprint density at radius 1 is 1.33 bits per heavy atom. The van der Waals surface area contributed by atoms with Crippen LogP contribution in [0.5, 0.6) is 0 Å². The summed E-state index contributed by atoms with van der Waals surface area (Å²) in [5.41, 5.74) is 2.67. The number of nitrogens with one attached hydrogen (secondary N) is 2. The monoisotopic (exact) mass is 288 g/mol. The molecule has 2 aromatic rings. The van der Waals surface area contributed by atoms with E-state index >= 15 is 0 Å². The minimum absolute atomic E-state index is 0.341. The number of amides is 1. The van der Waals surface area contributed by atoms with Crippen molar-refractivity contribution in [2.24, 2.45) is 0 Å². The zero-order valence-corrected chi connectivity index (χ0v) is 11.8. The maximum Gasteiger partial charge on any atom is 0.328 e. The Balaban J connectivity index is 2.18. The molecule has 2 atom stereocenters. The van der Waals surface area contributed by atoms with E-state index in [1.54, 1.807) is 0 Å². The van der Waals surface area contributed by atoms with E-state index in [0.29, 0.717) is 6.42 Å². The van der Waals surface area contributed by atoms with E-state index in [0.717, 1.165) is 22.0 Å². The predicted molar refractivity (Wildman–Crippen MR) is 75.7 cm³/mol. The van der Waals surface area contributed by atoms with Crippen molar-refractivity contribution in [1.82, 2.24) is 10.3 Å². The summed E-state index contributed by atoms with van der Waals surface area (Å²) in [4.78, 5) is 27.3. The van der Waals surface area contributed by atoms with Gasteiger partial charge in [0.15, 0.2) is 6.10 Å². The molecular weight excluding hydrogens is 272 g/mol. The lowest BCUT2D eigenvalue weighted by Crippen LogP contribution is -2.46. The molecule has 0 saturated heterocycles. The SMILES string of the molecule is COC(=O)[C@@H]1Cc2c[nH]c3cccc(c23)[C@@H](OC)C(=O)N1. The predicted octanol–water partition coefficient (Wildman–Crippen LogP) is 1.07. The van der Waals surface area contributed by atoms with E-state index in [2.05, 4.69) is 10.3 Å². The van der Waals surface area contributed by atoms with Crippen molar-refractivity contribution in [2.75, 3.05) is 14.2 Å². The number of methoxy groups -OCH3 is 2. The molecule has 6 nitrogen and oxygen atoms in total. The molecule has 0 unspecified atom stereocenters. The molecule has 3 rings (SSSR count). The summed E-state index contributed by atoms with van der Waals surface area (Å²) in [5.74, 6) is -0.806. The van der Waals surface area contributed by atoms with Gasteiger partial charge < -0.3 is 19.8 Å². The lowest BCUT2D eigenvalue weighted by Gasteiger charge is -2.24. The van der Waals surface area contributed by atoms with Gasteiger partial charge in [-0.25, -0.2) is 4.79 Å². The van der Waals surface area contributed by atoms with Crippen molar-refractivity contribution in [2.45, 2.75) is 18.6 Å². The van der Waals surface area contributed by atoms with Gasteiger partial charge in [0, 0.05) is 30.6 Å². The molecule has 0 spiro atoms. The molecule has 2 heterocycles. The van der Waals surface area contributed by atoms with E-state index in [-0.39, 0.29) is 5.91 Å². The first-order chi connectivity index (χ1) is 10.2.